The maximum absolute atomic E-state index is 11.6. The summed E-state index contributed by atoms with van der Waals surface area (Å²) in [6.07, 6.45) is 7.08. The number of rotatable bonds is 8. The first kappa shape index (κ1) is 16.7. The quantitative estimate of drug-likeness (QED) is 0.571. The molecule has 0 radical (unpaired) electrons. The smallest absolute Gasteiger partial charge is 0.243 e. The van der Waals surface area contributed by atoms with Gasteiger partial charge in [-0.15, -0.1) is 0 Å². The van der Waals surface area contributed by atoms with Crippen LogP contribution in [-0.4, -0.2) is 24.2 Å². The second-order valence-electron chi connectivity index (χ2n) is 4.77. The van der Waals surface area contributed by atoms with Crippen LogP contribution in [0.3, 0.4) is 0 Å². The van der Waals surface area contributed by atoms with Crippen LogP contribution < -0.4 is 5.32 Å². The highest BCUT2D eigenvalue weighted by atomic mass is 35.5. The van der Waals surface area contributed by atoms with Crippen molar-refractivity contribution in [2.45, 2.75) is 32.6 Å². The van der Waals surface area contributed by atoms with Gasteiger partial charge in [0.25, 0.3) is 0 Å². The Morgan fingerprint density at radius 1 is 1.30 bits per heavy atom. The highest BCUT2D eigenvalue weighted by Crippen LogP contribution is 2.17. The molecule has 3 nitrogen and oxygen atoms in total. The summed E-state index contributed by atoms with van der Waals surface area (Å²) in [7, 11) is 0. The summed E-state index contributed by atoms with van der Waals surface area (Å²) in [5.74, 6) is -0.0937. The van der Waals surface area contributed by atoms with E-state index in [1.54, 1.807) is 6.08 Å². The zero-order valence-electron chi connectivity index (χ0n) is 11.9. The van der Waals surface area contributed by atoms with Crippen molar-refractivity contribution >= 4 is 23.6 Å². The van der Waals surface area contributed by atoms with Crippen LogP contribution in [0.15, 0.2) is 24.3 Å². The first-order valence-electron chi connectivity index (χ1n) is 6.96. The van der Waals surface area contributed by atoms with Crippen molar-refractivity contribution < 1.29 is 9.90 Å². The molecule has 0 aliphatic rings. The molecule has 20 heavy (non-hydrogen) atoms. The van der Waals surface area contributed by atoms with Crippen molar-refractivity contribution in [2.75, 3.05) is 13.2 Å². The lowest BCUT2D eigenvalue weighted by Gasteiger charge is -2.02. The van der Waals surface area contributed by atoms with Crippen molar-refractivity contribution in [2.24, 2.45) is 0 Å². The lowest BCUT2D eigenvalue weighted by Crippen LogP contribution is -2.21. The van der Waals surface area contributed by atoms with Gasteiger partial charge in [-0.1, -0.05) is 36.6 Å². The fraction of sp³-hybridized carbons (Fsp3) is 0.438. The van der Waals surface area contributed by atoms with Gasteiger partial charge >= 0.3 is 0 Å². The lowest BCUT2D eigenvalue weighted by atomic mass is 10.1. The molecule has 0 aromatic heterocycles. The number of hydrogen-bond acceptors (Lipinski definition) is 2. The second-order valence-corrected chi connectivity index (χ2v) is 5.18. The van der Waals surface area contributed by atoms with Gasteiger partial charge < -0.3 is 10.4 Å². The van der Waals surface area contributed by atoms with Crippen molar-refractivity contribution in [3.05, 3.63) is 40.4 Å². The summed E-state index contributed by atoms with van der Waals surface area (Å²) < 4.78 is 0. The van der Waals surface area contributed by atoms with E-state index in [0.29, 0.717) is 11.6 Å². The molecule has 1 aromatic carbocycles. The zero-order valence-corrected chi connectivity index (χ0v) is 12.6. The second kappa shape index (κ2) is 9.56. The van der Waals surface area contributed by atoms with E-state index in [1.807, 2.05) is 25.1 Å². The zero-order chi connectivity index (χ0) is 14.8. The summed E-state index contributed by atoms with van der Waals surface area (Å²) >= 11 is 6.02. The fourth-order valence-corrected chi connectivity index (χ4v) is 1.93. The molecule has 0 atom stereocenters. The number of carbonyl (C=O) groups is 1. The SMILES string of the molecule is Cc1ccc(/C=C/C(=O)NCCCCCCO)cc1Cl. The third kappa shape index (κ3) is 6.73. The van der Waals surface area contributed by atoms with Crippen LogP contribution in [0.25, 0.3) is 6.08 Å². The molecule has 1 aromatic rings. The van der Waals surface area contributed by atoms with Gasteiger partial charge in [-0.25, -0.2) is 0 Å². The average Bonchev–Trinajstić information content (AvgIpc) is 2.44. The van der Waals surface area contributed by atoms with E-state index in [4.69, 9.17) is 16.7 Å². The number of benzene rings is 1. The van der Waals surface area contributed by atoms with Crippen molar-refractivity contribution in [3.8, 4) is 0 Å². The highest BCUT2D eigenvalue weighted by Gasteiger charge is 1.97. The Hall–Kier alpha value is -1.32. The van der Waals surface area contributed by atoms with Crippen LogP contribution in [0.5, 0.6) is 0 Å². The first-order chi connectivity index (χ1) is 9.63. The Balaban J connectivity index is 2.27. The summed E-state index contributed by atoms with van der Waals surface area (Å²) in [5, 5.41) is 12.2. The predicted molar refractivity (Wildman–Crippen MR) is 83.8 cm³/mol. The highest BCUT2D eigenvalue weighted by molar-refractivity contribution is 6.31. The van der Waals surface area contributed by atoms with E-state index in [9.17, 15) is 4.79 Å². The number of unbranched alkanes of at least 4 members (excludes halogenated alkanes) is 3. The largest absolute Gasteiger partial charge is 0.396 e. The maximum atomic E-state index is 11.6. The molecule has 0 saturated carbocycles. The Morgan fingerprint density at radius 3 is 2.75 bits per heavy atom. The molecule has 0 saturated heterocycles. The summed E-state index contributed by atoms with van der Waals surface area (Å²) in [4.78, 5) is 11.6. The van der Waals surface area contributed by atoms with Crippen molar-refractivity contribution in [1.82, 2.24) is 5.32 Å². The molecule has 0 heterocycles. The Labute approximate surface area is 125 Å². The Bertz CT molecular complexity index is 458. The van der Waals surface area contributed by atoms with Gasteiger partial charge in [0.05, 0.1) is 0 Å². The van der Waals surface area contributed by atoms with Crippen LogP contribution in [0.4, 0.5) is 0 Å². The summed E-state index contributed by atoms with van der Waals surface area (Å²) in [6.45, 7) is 2.86. The fourth-order valence-electron chi connectivity index (χ4n) is 1.75. The molecule has 0 unspecified atom stereocenters. The monoisotopic (exact) mass is 295 g/mol. The molecule has 0 fully saturated rings. The molecule has 0 spiro atoms. The number of aliphatic hydroxyl groups excluding tert-OH is 1. The standard InChI is InChI=1S/C16H22ClNO2/c1-13-6-7-14(12-15(13)17)8-9-16(20)18-10-4-2-3-5-11-19/h6-9,12,19H,2-5,10-11H2,1H3,(H,18,20)/b9-8+. The van der Waals surface area contributed by atoms with Crippen molar-refractivity contribution in [3.63, 3.8) is 0 Å². The minimum atomic E-state index is -0.0937. The molecule has 0 aliphatic carbocycles. The molecule has 2 N–H and O–H groups in total. The normalized spacial score (nSPS) is 10.9. The molecule has 0 aliphatic heterocycles. The molecule has 4 heteroatoms. The third-order valence-corrected chi connectivity index (χ3v) is 3.41. The molecular weight excluding hydrogens is 274 g/mol. The number of halogens is 1. The molecule has 110 valence electrons. The van der Waals surface area contributed by atoms with Crippen LogP contribution in [0, 0.1) is 6.92 Å². The van der Waals surface area contributed by atoms with Crippen LogP contribution >= 0.6 is 11.6 Å². The van der Waals surface area contributed by atoms with Gasteiger partial charge in [-0.05, 0) is 43.0 Å². The van der Waals surface area contributed by atoms with E-state index in [-0.39, 0.29) is 12.5 Å². The van der Waals surface area contributed by atoms with Gasteiger partial charge in [0.15, 0.2) is 0 Å². The molecule has 1 amide bonds. The van der Waals surface area contributed by atoms with Crippen LogP contribution in [0.2, 0.25) is 5.02 Å². The first-order valence-corrected chi connectivity index (χ1v) is 7.34. The molecule has 0 bridgehead atoms. The average molecular weight is 296 g/mol. The third-order valence-electron chi connectivity index (χ3n) is 3.01. The molecular formula is C16H22ClNO2. The van der Waals surface area contributed by atoms with E-state index in [1.165, 1.54) is 6.08 Å². The maximum Gasteiger partial charge on any atom is 0.243 e. The van der Waals surface area contributed by atoms with E-state index >= 15 is 0 Å². The van der Waals surface area contributed by atoms with Gasteiger partial charge in [0, 0.05) is 24.3 Å². The van der Waals surface area contributed by atoms with Gasteiger partial charge in [0.1, 0.15) is 0 Å². The Morgan fingerprint density at radius 2 is 2.05 bits per heavy atom. The van der Waals surface area contributed by atoms with Crippen LogP contribution in [0.1, 0.15) is 36.8 Å². The van der Waals surface area contributed by atoms with E-state index in [2.05, 4.69) is 5.32 Å². The number of amides is 1. The predicted octanol–water partition coefficient (Wildman–Crippen LogP) is 3.33. The number of carbonyl (C=O) groups excluding carboxylic acids is 1. The number of nitrogens with one attached hydrogen (secondary N) is 1. The van der Waals surface area contributed by atoms with Gasteiger partial charge in [-0.2, -0.15) is 0 Å². The minimum Gasteiger partial charge on any atom is -0.396 e. The minimum absolute atomic E-state index is 0.0937. The number of hydrogen-bond donors (Lipinski definition) is 2. The van der Waals surface area contributed by atoms with Gasteiger partial charge in [0.2, 0.25) is 5.91 Å². The number of aryl methyl sites for hydroxylation is 1. The van der Waals surface area contributed by atoms with Gasteiger partial charge in [-0.3, -0.25) is 4.79 Å². The van der Waals surface area contributed by atoms with E-state index < -0.39 is 0 Å². The van der Waals surface area contributed by atoms with Crippen molar-refractivity contribution in [1.29, 1.82) is 0 Å². The number of aliphatic hydroxyl groups is 1. The summed E-state index contributed by atoms with van der Waals surface area (Å²) in [5.41, 5.74) is 1.94. The lowest BCUT2D eigenvalue weighted by molar-refractivity contribution is -0.116. The van der Waals surface area contributed by atoms with Crippen LogP contribution in [-0.2, 0) is 4.79 Å². The van der Waals surface area contributed by atoms with E-state index in [0.717, 1.165) is 36.8 Å². The Kier molecular flexibility index (Phi) is 8.00. The molecule has 1 rings (SSSR count). The topological polar surface area (TPSA) is 49.3 Å². The summed E-state index contributed by atoms with van der Waals surface area (Å²) in [6, 6.07) is 5.70.